The molecule has 0 aliphatic rings. The zero-order valence-corrected chi connectivity index (χ0v) is 3.92. The number of hydrogen-bond donors (Lipinski definition) is 2. The molecule has 0 aromatic carbocycles. The Morgan fingerprint density at radius 2 is 1.00 bits per heavy atom. The highest BCUT2D eigenvalue weighted by molar-refractivity contribution is 3.83. The maximum absolute atomic E-state index is 8.36. The van der Waals surface area contributed by atoms with Gasteiger partial charge in [-0.15, -0.1) is 20.2 Å². The van der Waals surface area contributed by atoms with E-state index >= 15 is 0 Å². The first-order chi connectivity index (χ1) is 3.46. The largest absolute Gasteiger partial charge is 0.328 e. The highest BCUT2D eigenvalue weighted by Gasteiger charge is 1.65. The van der Waals surface area contributed by atoms with Gasteiger partial charge in [0.05, 0.1) is 0 Å². The summed E-state index contributed by atoms with van der Waals surface area (Å²) in [5.41, 5.74) is 0. The minimum atomic E-state index is -1.50. The van der Waals surface area contributed by atoms with Crippen LogP contribution < -0.4 is 0 Å². The summed E-state index contributed by atoms with van der Waals surface area (Å²) >= 11 is 0. The quantitative estimate of drug-likeness (QED) is 0.339. The molecule has 0 aliphatic heterocycles. The van der Waals surface area contributed by atoms with Crippen LogP contribution in [-0.4, -0.2) is 20.6 Å². The first-order valence-electron chi connectivity index (χ1n) is 1.13. The number of nitrogens with zero attached hydrogens (tertiary/aromatic N) is 2. The molecule has 0 fully saturated rings. The van der Waals surface area contributed by atoms with Gasteiger partial charge in [0, 0.05) is 7.43 Å². The van der Waals surface area contributed by atoms with E-state index in [9.17, 15) is 0 Å². The zero-order chi connectivity index (χ0) is 7.15. The van der Waals surface area contributed by atoms with E-state index in [1.807, 2.05) is 0 Å². The van der Waals surface area contributed by atoms with Crippen LogP contribution in [-0.2, 0) is 0 Å². The third-order valence-corrected chi connectivity index (χ3v) is 0. The summed E-state index contributed by atoms with van der Waals surface area (Å²) < 4.78 is 0. The molecule has 0 heterocycles. The van der Waals surface area contributed by atoms with Gasteiger partial charge in [0.25, 0.3) is 10.2 Å². The van der Waals surface area contributed by atoms with Crippen LogP contribution in [0.25, 0.3) is 0 Å². The molecule has 0 aromatic rings. The molecule has 0 saturated heterocycles. The average molecular weight is 138 g/mol. The lowest BCUT2D eigenvalue weighted by molar-refractivity contribution is -0.742. The van der Waals surface area contributed by atoms with Crippen LogP contribution in [0.2, 0.25) is 0 Å². The molecule has 0 atom stereocenters. The molecule has 8 nitrogen and oxygen atoms in total. The van der Waals surface area contributed by atoms with Gasteiger partial charge >= 0.3 is 0 Å². The molecule has 0 amide bonds. The average Bonchev–Trinajstić information content (AvgIpc) is 1.25. The van der Waals surface area contributed by atoms with Crippen molar-refractivity contribution in [3.63, 3.8) is 0 Å². The van der Waals surface area contributed by atoms with Crippen LogP contribution >= 0.6 is 0 Å². The summed E-state index contributed by atoms with van der Waals surface area (Å²) in [5, 5.41) is 27.3. The Kier molecular flexibility index (Phi) is 16.8. The second kappa shape index (κ2) is 9.64. The fourth-order valence-electron chi connectivity index (χ4n) is 0. The van der Waals surface area contributed by atoms with E-state index in [0.717, 1.165) is 0 Å². The van der Waals surface area contributed by atoms with E-state index in [-0.39, 0.29) is 7.43 Å². The van der Waals surface area contributed by atoms with Gasteiger partial charge in [-0.1, -0.05) is 0 Å². The van der Waals surface area contributed by atoms with Crippen molar-refractivity contribution in [1.82, 2.24) is 0 Å². The molecular weight excluding hydrogens is 136 g/mol. The Hall–Kier alpha value is -1.60. The van der Waals surface area contributed by atoms with Crippen LogP contribution in [0.5, 0.6) is 0 Å². The first-order valence-corrected chi connectivity index (χ1v) is 1.13. The summed E-state index contributed by atoms with van der Waals surface area (Å²) in [6.45, 7) is 0. The van der Waals surface area contributed by atoms with Gasteiger partial charge in [0.1, 0.15) is 0 Å². The summed E-state index contributed by atoms with van der Waals surface area (Å²) in [6.07, 6.45) is 0. The molecule has 0 bridgehead atoms. The molecule has 0 saturated carbocycles. The van der Waals surface area contributed by atoms with Crippen molar-refractivity contribution >= 4 is 0 Å². The van der Waals surface area contributed by atoms with Gasteiger partial charge in [0.15, 0.2) is 0 Å². The Balaban J connectivity index is -0.0000000720. The molecule has 9 heavy (non-hydrogen) atoms. The topological polar surface area (TPSA) is 127 Å². The van der Waals surface area contributed by atoms with Crippen molar-refractivity contribution in [2.24, 2.45) is 0 Å². The lowest BCUT2D eigenvalue weighted by Gasteiger charge is -1.56. The van der Waals surface area contributed by atoms with Crippen LogP contribution in [0.3, 0.4) is 0 Å². The third-order valence-electron chi connectivity index (χ3n) is 0. The van der Waals surface area contributed by atoms with E-state index in [4.69, 9.17) is 30.6 Å². The molecule has 4 radical (unpaired) electrons. The lowest BCUT2D eigenvalue weighted by atomic mass is 12.0. The van der Waals surface area contributed by atoms with Crippen LogP contribution in [0.4, 0.5) is 0 Å². The molecule has 0 aliphatic carbocycles. The lowest BCUT2D eigenvalue weighted by Crippen LogP contribution is -1.81. The first kappa shape index (κ1) is 15.7. The van der Waals surface area contributed by atoms with Crippen LogP contribution in [0.15, 0.2) is 0 Å². The molecule has 0 spiro atoms. The molecular formula is CH2N2O6. The van der Waals surface area contributed by atoms with Gasteiger partial charge in [0.2, 0.25) is 0 Å². The standard InChI is InChI=1S/C.2HNO3/c;2*2-1(3)4/h;2*(H,2,3,4). The predicted octanol–water partition coefficient (Wildman–Crippen LogP) is -0.614. The fraction of sp³-hybridized carbons (Fsp3) is 0. The summed E-state index contributed by atoms with van der Waals surface area (Å²) in [4.78, 5) is 16.7. The maximum atomic E-state index is 8.36. The van der Waals surface area contributed by atoms with E-state index in [2.05, 4.69) is 0 Å². The van der Waals surface area contributed by atoms with Crippen molar-refractivity contribution in [3.05, 3.63) is 27.7 Å². The minimum Gasteiger partial charge on any atom is -0.328 e. The van der Waals surface area contributed by atoms with E-state index < -0.39 is 10.2 Å². The second-order valence-corrected chi connectivity index (χ2v) is 0.476. The summed E-state index contributed by atoms with van der Waals surface area (Å²) in [7, 11) is 0. The van der Waals surface area contributed by atoms with Gasteiger partial charge in [-0.25, -0.2) is 0 Å². The summed E-state index contributed by atoms with van der Waals surface area (Å²) in [6, 6.07) is 0. The van der Waals surface area contributed by atoms with Crippen molar-refractivity contribution < 1.29 is 20.6 Å². The van der Waals surface area contributed by atoms with Crippen LogP contribution in [0.1, 0.15) is 0 Å². The van der Waals surface area contributed by atoms with Gasteiger partial charge < -0.3 is 10.4 Å². The smallest absolute Gasteiger partial charge is 0.291 e. The Bertz CT molecular complexity index is 69.1. The minimum absolute atomic E-state index is 0. The number of rotatable bonds is 0. The molecule has 0 unspecified atom stereocenters. The van der Waals surface area contributed by atoms with Crippen molar-refractivity contribution in [1.29, 1.82) is 0 Å². The van der Waals surface area contributed by atoms with Crippen LogP contribution in [0, 0.1) is 27.7 Å². The normalized spacial score (nSPS) is 5.33. The maximum Gasteiger partial charge on any atom is 0.291 e. The van der Waals surface area contributed by atoms with Gasteiger partial charge in [-0.3, -0.25) is 0 Å². The third kappa shape index (κ3) is 48.4. The Morgan fingerprint density at radius 3 is 1.00 bits per heavy atom. The van der Waals surface area contributed by atoms with E-state index in [1.165, 1.54) is 0 Å². The highest BCUT2D eigenvalue weighted by atomic mass is 16.9. The van der Waals surface area contributed by atoms with Gasteiger partial charge in [-0.2, -0.15) is 0 Å². The van der Waals surface area contributed by atoms with Crippen molar-refractivity contribution in [2.75, 3.05) is 0 Å². The van der Waals surface area contributed by atoms with E-state index in [0.29, 0.717) is 0 Å². The number of hydrogen-bond acceptors (Lipinski definition) is 4. The van der Waals surface area contributed by atoms with Crippen molar-refractivity contribution in [2.45, 2.75) is 0 Å². The molecule has 52 valence electrons. The van der Waals surface area contributed by atoms with Gasteiger partial charge in [-0.05, 0) is 0 Å². The molecule has 8 heteroatoms. The summed E-state index contributed by atoms with van der Waals surface area (Å²) in [5.74, 6) is 0. The highest BCUT2D eigenvalue weighted by Crippen LogP contribution is 1.38. The van der Waals surface area contributed by atoms with E-state index in [1.54, 1.807) is 0 Å². The van der Waals surface area contributed by atoms with Crippen molar-refractivity contribution in [3.8, 4) is 0 Å². The monoisotopic (exact) mass is 138 g/mol. The molecule has 2 N–H and O–H groups in total. The zero-order valence-electron chi connectivity index (χ0n) is 3.92. The second-order valence-electron chi connectivity index (χ2n) is 0.476. The predicted molar refractivity (Wildman–Crippen MR) is 20.8 cm³/mol. The molecule has 0 rings (SSSR count). The molecule has 0 aromatic heterocycles. The Labute approximate surface area is 49.6 Å². The SMILES string of the molecule is O=[N+]([O-])O.O=[N+]([O-])O.[C]. The Morgan fingerprint density at radius 1 is 1.00 bits per heavy atom. The fourth-order valence-corrected chi connectivity index (χ4v) is 0.